The third kappa shape index (κ3) is 5.07. The van der Waals surface area contributed by atoms with Crippen molar-refractivity contribution >= 4 is 40.6 Å². The van der Waals surface area contributed by atoms with Gasteiger partial charge in [-0.05, 0) is 56.4 Å². The predicted molar refractivity (Wildman–Crippen MR) is 109 cm³/mol. The molecule has 4 N–H and O–H groups in total. The highest BCUT2D eigenvalue weighted by Crippen LogP contribution is 2.34. The number of aromatic nitrogens is 1. The van der Waals surface area contributed by atoms with Crippen LogP contribution in [-0.2, 0) is 11.0 Å². The quantitative estimate of drug-likeness (QED) is 0.591. The lowest BCUT2D eigenvalue weighted by Crippen LogP contribution is -2.55. The molecule has 12 heteroatoms. The van der Waals surface area contributed by atoms with E-state index < -0.39 is 34.7 Å². The monoisotopic (exact) mass is 451 g/mol. The predicted octanol–water partition coefficient (Wildman–Crippen LogP) is 3.14. The smallest absolute Gasteiger partial charge is 0.417 e. The Labute approximate surface area is 180 Å². The number of amides is 1. The van der Waals surface area contributed by atoms with E-state index in [0.29, 0.717) is 6.07 Å². The number of thiocarbonyl (C=S) groups is 1. The second kappa shape index (κ2) is 8.57. The molecule has 0 unspecified atom stereocenters. The average molecular weight is 451 g/mol. The molecule has 0 spiro atoms. The van der Waals surface area contributed by atoms with Gasteiger partial charge in [0.2, 0.25) is 0 Å². The number of nitrogens with two attached hydrogens (primary N) is 1. The van der Waals surface area contributed by atoms with E-state index in [1.807, 2.05) is 0 Å². The Hall–Kier alpha value is -3.72. The van der Waals surface area contributed by atoms with Crippen LogP contribution in [0.25, 0.3) is 0 Å². The van der Waals surface area contributed by atoms with E-state index in [9.17, 15) is 27.9 Å². The average Bonchev–Trinajstić information content (AvgIpc) is 2.67. The van der Waals surface area contributed by atoms with Gasteiger partial charge in [-0.15, -0.1) is 0 Å². The van der Waals surface area contributed by atoms with Crippen LogP contribution in [0.3, 0.4) is 0 Å². The number of halogens is 3. The van der Waals surface area contributed by atoms with E-state index >= 15 is 0 Å². The maximum atomic E-state index is 13.2. The minimum Gasteiger partial charge on any atom is -0.480 e. The molecule has 8 nitrogen and oxygen atoms in total. The first kappa shape index (κ1) is 23.6. The van der Waals surface area contributed by atoms with Crippen molar-refractivity contribution in [1.29, 1.82) is 5.26 Å². The van der Waals surface area contributed by atoms with Gasteiger partial charge in [0.05, 0.1) is 29.1 Å². The molecule has 1 heterocycles. The Bertz CT molecular complexity index is 1080. The van der Waals surface area contributed by atoms with Crippen LogP contribution in [0.4, 0.5) is 24.5 Å². The van der Waals surface area contributed by atoms with Gasteiger partial charge in [0, 0.05) is 5.69 Å². The summed E-state index contributed by atoms with van der Waals surface area (Å²) in [4.78, 5) is 28.0. The van der Waals surface area contributed by atoms with E-state index in [-0.39, 0.29) is 22.2 Å². The highest BCUT2D eigenvalue weighted by molar-refractivity contribution is 7.80. The highest BCUT2D eigenvalue weighted by atomic mass is 32.1. The van der Waals surface area contributed by atoms with E-state index in [4.69, 9.17) is 23.2 Å². The van der Waals surface area contributed by atoms with Gasteiger partial charge in [-0.3, -0.25) is 4.79 Å². The number of hydrogen-bond donors (Lipinski definition) is 3. The van der Waals surface area contributed by atoms with Gasteiger partial charge < -0.3 is 21.1 Å². The molecule has 1 aromatic heterocycles. The first-order valence-electron chi connectivity index (χ1n) is 8.51. The summed E-state index contributed by atoms with van der Waals surface area (Å²) >= 11 is 5.28. The molecule has 0 bridgehead atoms. The largest absolute Gasteiger partial charge is 0.480 e. The number of aliphatic carboxylic acids is 1. The first-order valence-corrected chi connectivity index (χ1v) is 8.91. The molecular weight excluding hydrogens is 435 g/mol. The van der Waals surface area contributed by atoms with Crippen molar-refractivity contribution in [3.63, 3.8) is 0 Å². The van der Waals surface area contributed by atoms with Gasteiger partial charge in [-0.25, -0.2) is 9.78 Å². The van der Waals surface area contributed by atoms with E-state index in [1.54, 1.807) is 0 Å². The lowest BCUT2D eigenvalue weighted by Gasteiger charge is -2.37. The zero-order chi connectivity index (χ0) is 23.6. The fourth-order valence-corrected chi connectivity index (χ4v) is 3.04. The number of pyridine rings is 1. The van der Waals surface area contributed by atoms with Crippen molar-refractivity contribution in [2.24, 2.45) is 5.73 Å². The zero-order valence-electron chi connectivity index (χ0n) is 16.2. The summed E-state index contributed by atoms with van der Waals surface area (Å²) in [5.41, 5.74) is 1.73. The van der Waals surface area contributed by atoms with Crippen LogP contribution in [0.5, 0.6) is 0 Å². The number of carbonyl (C=O) groups excluding carboxylic acids is 1. The number of anilines is 2. The molecule has 0 aliphatic rings. The molecule has 31 heavy (non-hydrogen) atoms. The van der Waals surface area contributed by atoms with Crippen LogP contribution < -0.4 is 16.0 Å². The van der Waals surface area contributed by atoms with Crippen LogP contribution in [0.2, 0.25) is 0 Å². The van der Waals surface area contributed by atoms with Crippen molar-refractivity contribution in [2.75, 3.05) is 10.2 Å². The minimum absolute atomic E-state index is 0.0716. The SMILES string of the molecule is CC(C)(C(=O)O)N(C(=S)Nc1ccc(C#N)c(C(F)(F)F)c1)c1ccc(C(N)=O)nc1. The van der Waals surface area contributed by atoms with Crippen LogP contribution in [0.15, 0.2) is 36.5 Å². The Morgan fingerprint density at radius 1 is 1.26 bits per heavy atom. The third-order valence-corrected chi connectivity index (χ3v) is 4.53. The summed E-state index contributed by atoms with van der Waals surface area (Å²) in [5, 5.41) is 20.9. The molecule has 0 fully saturated rings. The lowest BCUT2D eigenvalue weighted by atomic mass is 10.0. The molecule has 0 radical (unpaired) electrons. The lowest BCUT2D eigenvalue weighted by molar-refractivity contribution is -0.141. The molecule has 0 aliphatic carbocycles. The maximum Gasteiger partial charge on any atom is 0.417 e. The maximum absolute atomic E-state index is 13.2. The molecule has 1 aromatic carbocycles. The van der Waals surface area contributed by atoms with Crippen LogP contribution in [-0.4, -0.2) is 32.6 Å². The van der Waals surface area contributed by atoms with Crippen molar-refractivity contribution in [3.8, 4) is 6.07 Å². The number of alkyl halides is 3. The number of carboxylic acid groups (broad SMARTS) is 1. The summed E-state index contributed by atoms with van der Waals surface area (Å²) in [5.74, 6) is -2.08. The molecule has 0 atom stereocenters. The number of primary amides is 1. The van der Waals surface area contributed by atoms with Crippen molar-refractivity contribution in [3.05, 3.63) is 53.3 Å². The van der Waals surface area contributed by atoms with Gasteiger partial charge in [-0.2, -0.15) is 18.4 Å². The third-order valence-electron chi connectivity index (χ3n) is 4.24. The second-order valence-corrected chi connectivity index (χ2v) is 7.15. The van der Waals surface area contributed by atoms with Gasteiger partial charge in [0.1, 0.15) is 11.2 Å². The van der Waals surface area contributed by atoms with Crippen molar-refractivity contribution in [2.45, 2.75) is 25.6 Å². The van der Waals surface area contributed by atoms with Crippen LogP contribution in [0.1, 0.15) is 35.5 Å². The Morgan fingerprint density at radius 2 is 1.90 bits per heavy atom. The van der Waals surface area contributed by atoms with E-state index in [0.717, 1.165) is 11.0 Å². The van der Waals surface area contributed by atoms with Gasteiger partial charge >= 0.3 is 12.1 Å². The summed E-state index contributed by atoms with van der Waals surface area (Å²) in [7, 11) is 0. The van der Waals surface area contributed by atoms with Crippen molar-refractivity contribution < 1.29 is 27.9 Å². The number of benzene rings is 1. The number of hydrogen-bond acceptors (Lipinski definition) is 5. The molecule has 1 amide bonds. The molecule has 162 valence electrons. The fourth-order valence-electron chi connectivity index (χ4n) is 2.59. The van der Waals surface area contributed by atoms with Crippen LogP contribution >= 0.6 is 12.2 Å². The molecular formula is C19H16F3N5O3S. The summed E-state index contributed by atoms with van der Waals surface area (Å²) < 4.78 is 39.7. The van der Waals surface area contributed by atoms with Crippen LogP contribution in [0, 0.1) is 11.3 Å². The molecule has 0 aliphatic heterocycles. The Morgan fingerprint density at radius 3 is 2.35 bits per heavy atom. The standard InChI is InChI=1S/C19H16F3N5O3S/c1-18(2,16(29)30)27(12-5-6-14(15(24)28)25-9-12)17(31)26-11-4-3-10(8-23)13(7-11)19(20,21)22/h3-7,9H,1-2H3,(H2,24,28)(H,26,31)(H,29,30). The Balaban J connectivity index is 2.49. The number of nitriles is 1. The number of carbonyl (C=O) groups is 2. The highest BCUT2D eigenvalue weighted by Gasteiger charge is 2.38. The Kier molecular flexibility index (Phi) is 6.51. The number of carboxylic acids is 1. The molecule has 0 saturated heterocycles. The number of rotatable bonds is 5. The number of nitrogens with zero attached hydrogens (tertiary/aromatic N) is 3. The number of nitrogens with one attached hydrogen (secondary N) is 1. The molecule has 0 saturated carbocycles. The summed E-state index contributed by atoms with van der Waals surface area (Å²) in [6, 6.07) is 6.97. The van der Waals surface area contributed by atoms with Crippen molar-refractivity contribution in [1.82, 2.24) is 4.98 Å². The fraction of sp³-hybridized carbons (Fsp3) is 0.211. The van der Waals surface area contributed by atoms with Gasteiger partial charge in [-0.1, -0.05) is 0 Å². The molecule has 2 aromatic rings. The summed E-state index contributed by atoms with van der Waals surface area (Å²) in [6.45, 7) is 2.65. The second-order valence-electron chi connectivity index (χ2n) is 6.77. The van der Waals surface area contributed by atoms with Gasteiger partial charge in [0.25, 0.3) is 5.91 Å². The zero-order valence-corrected chi connectivity index (χ0v) is 17.0. The first-order chi connectivity index (χ1) is 14.3. The van der Waals surface area contributed by atoms with Gasteiger partial charge in [0.15, 0.2) is 5.11 Å². The molecule has 2 rings (SSSR count). The minimum atomic E-state index is -4.78. The normalized spacial score (nSPS) is 11.4. The topological polar surface area (TPSA) is 132 Å². The van der Waals surface area contributed by atoms with E-state index in [2.05, 4.69) is 10.3 Å². The van der Waals surface area contributed by atoms with E-state index in [1.165, 1.54) is 44.3 Å². The summed E-state index contributed by atoms with van der Waals surface area (Å²) in [6.07, 6.45) is -3.61.